The molecule has 1 heterocycles. The van der Waals surface area contributed by atoms with Crippen LogP contribution in [-0.2, 0) is 16.0 Å². The molecule has 0 spiro atoms. The zero-order chi connectivity index (χ0) is 15.4. The lowest BCUT2D eigenvalue weighted by molar-refractivity contribution is -0.147. The summed E-state index contributed by atoms with van der Waals surface area (Å²) in [5, 5.41) is 19.4. The number of rotatable bonds is 0. The number of ether oxygens (including phenoxy) is 1. The first kappa shape index (κ1) is 15.1. The Bertz CT molecular complexity index is 589. The van der Waals surface area contributed by atoms with Gasteiger partial charge in [-0.15, -0.1) is 0 Å². The van der Waals surface area contributed by atoms with Gasteiger partial charge in [-0.25, -0.2) is 0 Å². The van der Waals surface area contributed by atoms with Crippen molar-refractivity contribution in [2.75, 3.05) is 0 Å². The van der Waals surface area contributed by atoms with E-state index in [9.17, 15) is 19.8 Å². The number of esters is 1. The molecule has 0 radical (unpaired) electrons. The normalized spacial score (nSPS) is 21.7. The highest BCUT2D eigenvalue weighted by atomic mass is 16.5. The van der Waals surface area contributed by atoms with Gasteiger partial charge in [-0.2, -0.15) is 0 Å². The van der Waals surface area contributed by atoms with Crippen molar-refractivity contribution in [1.29, 1.82) is 0 Å². The molecule has 1 aromatic carbocycles. The highest BCUT2D eigenvalue weighted by molar-refractivity contribution is 6.08. The van der Waals surface area contributed by atoms with Crippen molar-refractivity contribution >= 4 is 11.8 Å². The van der Waals surface area contributed by atoms with Gasteiger partial charge < -0.3 is 14.9 Å². The van der Waals surface area contributed by atoms with E-state index >= 15 is 0 Å². The summed E-state index contributed by atoms with van der Waals surface area (Å²) in [6.07, 6.45) is 5.01. The molecule has 1 atom stereocenters. The van der Waals surface area contributed by atoms with Gasteiger partial charge in [0.15, 0.2) is 5.78 Å². The smallest absolute Gasteiger partial charge is 0.310 e. The Labute approximate surface area is 122 Å². The molecule has 0 unspecified atom stereocenters. The molecule has 5 nitrogen and oxygen atoms in total. The third kappa shape index (κ3) is 3.84. The number of carbonyl (C=O) groups is 2. The lowest BCUT2D eigenvalue weighted by atomic mass is 9.98. The summed E-state index contributed by atoms with van der Waals surface area (Å²) in [5.41, 5.74) is 0.300. The first-order valence-electron chi connectivity index (χ1n) is 6.92. The van der Waals surface area contributed by atoms with Crippen molar-refractivity contribution in [3.63, 3.8) is 0 Å². The molecule has 112 valence electrons. The summed E-state index contributed by atoms with van der Waals surface area (Å²) >= 11 is 0. The molecule has 0 saturated carbocycles. The van der Waals surface area contributed by atoms with Gasteiger partial charge in [0.25, 0.3) is 0 Å². The molecule has 2 N–H and O–H groups in total. The summed E-state index contributed by atoms with van der Waals surface area (Å²) < 4.78 is 5.26. The van der Waals surface area contributed by atoms with Gasteiger partial charge in [0.1, 0.15) is 11.5 Å². The van der Waals surface area contributed by atoms with Crippen LogP contribution in [0, 0.1) is 0 Å². The lowest BCUT2D eigenvalue weighted by Crippen LogP contribution is -2.18. The number of phenolic OH excluding ortho intramolecular Hbond substituents is 2. The van der Waals surface area contributed by atoms with E-state index in [2.05, 4.69) is 0 Å². The number of carbonyl (C=O) groups excluding carboxylic acids is 2. The van der Waals surface area contributed by atoms with Gasteiger partial charge in [0.05, 0.1) is 18.1 Å². The van der Waals surface area contributed by atoms with E-state index in [0.29, 0.717) is 6.42 Å². The summed E-state index contributed by atoms with van der Waals surface area (Å²) in [4.78, 5) is 24.0. The predicted octanol–water partition coefficient (Wildman–Crippen LogP) is 2.49. The lowest BCUT2D eigenvalue weighted by Gasteiger charge is -2.15. The number of hydrogen-bond donors (Lipinski definition) is 2. The molecule has 5 heteroatoms. The number of aromatic hydroxyl groups is 2. The second-order valence-electron chi connectivity index (χ2n) is 5.17. The second-order valence-corrected chi connectivity index (χ2v) is 5.17. The number of fused-ring (bicyclic) bond motifs is 1. The van der Waals surface area contributed by atoms with Crippen molar-refractivity contribution in [3.05, 3.63) is 35.4 Å². The van der Waals surface area contributed by atoms with Crippen LogP contribution in [0.3, 0.4) is 0 Å². The van der Waals surface area contributed by atoms with E-state index in [4.69, 9.17) is 4.74 Å². The molecule has 0 fully saturated rings. The van der Waals surface area contributed by atoms with Crippen LogP contribution in [0.25, 0.3) is 0 Å². The number of cyclic esters (lactones) is 1. The number of benzene rings is 1. The van der Waals surface area contributed by atoms with Crippen LogP contribution < -0.4 is 0 Å². The van der Waals surface area contributed by atoms with Gasteiger partial charge >= 0.3 is 5.97 Å². The zero-order valence-electron chi connectivity index (χ0n) is 11.8. The third-order valence-electron chi connectivity index (χ3n) is 3.35. The van der Waals surface area contributed by atoms with Crippen LogP contribution in [0.1, 0.15) is 42.1 Å². The van der Waals surface area contributed by atoms with Crippen molar-refractivity contribution in [3.8, 4) is 11.5 Å². The fraction of sp³-hybridized carbons (Fsp3) is 0.375. The highest BCUT2D eigenvalue weighted by Crippen LogP contribution is 2.29. The van der Waals surface area contributed by atoms with Crippen LogP contribution in [0.2, 0.25) is 0 Å². The Morgan fingerprint density at radius 2 is 2.00 bits per heavy atom. The molecule has 1 aliphatic heterocycles. The Hall–Kier alpha value is -2.30. The summed E-state index contributed by atoms with van der Waals surface area (Å²) in [6, 6.07) is 2.39. The minimum atomic E-state index is -0.480. The molecular formula is C16H18O5. The average molecular weight is 290 g/mol. The fourth-order valence-electron chi connectivity index (χ4n) is 2.37. The SMILES string of the molecule is C[C@H]1CCC/C=C\C(=O)c2c(O)cc(O)cc2CC(=O)O1. The minimum absolute atomic E-state index is 0.0363. The minimum Gasteiger partial charge on any atom is -0.508 e. The molecule has 1 aromatic rings. The van der Waals surface area contributed by atoms with E-state index in [1.165, 1.54) is 12.1 Å². The van der Waals surface area contributed by atoms with Crippen molar-refractivity contribution in [1.82, 2.24) is 0 Å². The summed E-state index contributed by atoms with van der Waals surface area (Å²) in [7, 11) is 0. The van der Waals surface area contributed by atoms with Gasteiger partial charge in [-0.1, -0.05) is 6.08 Å². The molecule has 21 heavy (non-hydrogen) atoms. The van der Waals surface area contributed by atoms with Crippen LogP contribution in [-0.4, -0.2) is 28.1 Å². The Kier molecular flexibility index (Phi) is 4.62. The van der Waals surface area contributed by atoms with Gasteiger partial charge in [-0.3, -0.25) is 9.59 Å². The number of allylic oxidation sites excluding steroid dienone is 2. The molecule has 0 aliphatic carbocycles. The molecule has 0 amide bonds. The van der Waals surface area contributed by atoms with E-state index in [1.807, 2.05) is 6.92 Å². The first-order valence-corrected chi connectivity index (χ1v) is 6.92. The van der Waals surface area contributed by atoms with Gasteiger partial charge in [0, 0.05) is 6.07 Å². The van der Waals surface area contributed by atoms with E-state index in [-0.39, 0.29) is 40.9 Å². The molecule has 0 saturated heterocycles. The standard InChI is InChI=1S/C16H18O5/c1-10-5-3-2-4-6-13(18)16-11(8-15(20)21-10)7-12(17)9-14(16)19/h4,6-7,9-10,17,19H,2-3,5,8H2,1H3/b6-4-/t10-/m0/s1. The molecule has 1 aliphatic rings. The fourth-order valence-corrected chi connectivity index (χ4v) is 2.37. The topological polar surface area (TPSA) is 83.8 Å². The van der Waals surface area contributed by atoms with Gasteiger partial charge in [-0.05, 0) is 43.9 Å². The Balaban J connectivity index is 2.43. The zero-order valence-corrected chi connectivity index (χ0v) is 11.8. The Morgan fingerprint density at radius 1 is 1.24 bits per heavy atom. The molecule has 0 aromatic heterocycles. The highest BCUT2D eigenvalue weighted by Gasteiger charge is 2.20. The van der Waals surface area contributed by atoms with Crippen LogP contribution >= 0.6 is 0 Å². The quantitative estimate of drug-likeness (QED) is 0.717. The van der Waals surface area contributed by atoms with E-state index in [0.717, 1.165) is 18.9 Å². The average Bonchev–Trinajstić information content (AvgIpc) is 2.35. The maximum Gasteiger partial charge on any atom is 0.310 e. The monoisotopic (exact) mass is 290 g/mol. The van der Waals surface area contributed by atoms with Crippen LogP contribution in [0.15, 0.2) is 24.3 Å². The molecule has 2 rings (SSSR count). The van der Waals surface area contributed by atoms with Crippen LogP contribution in [0.4, 0.5) is 0 Å². The largest absolute Gasteiger partial charge is 0.508 e. The summed E-state index contributed by atoms with van der Waals surface area (Å²) in [6.45, 7) is 1.82. The number of ketones is 1. The van der Waals surface area contributed by atoms with E-state index < -0.39 is 5.97 Å². The van der Waals surface area contributed by atoms with Crippen molar-refractivity contribution < 1.29 is 24.5 Å². The number of hydrogen-bond acceptors (Lipinski definition) is 5. The number of phenols is 2. The summed E-state index contributed by atoms with van der Waals surface area (Å²) in [5.74, 6) is -1.40. The van der Waals surface area contributed by atoms with Gasteiger partial charge in [0.2, 0.25) is 0 Å². The molecular weight excluding hydrogens is 272 g/mol. The van der Waals surface area contributed by atoms with Crippen molar-refractivity contribution in [2.45, 2.75) is 38.7 Å². The van der Waals surface area contributed by atoms with Crippen LogP contribution in [0.5, 0.6) is 11.5 Å². The molecule has 0 bridgehead atoms. The Morgan fingerprint density at radius 3 is 2.76 bits per heavy atom. The first-order chi connectivity index (χ1) is 9.97. The maximum absolute atomic E-state index is 12.1. The van der Waals surface area contributed by atoms with E-state index in [1.54, 1.807) is 6.08 Å². The second kappa shape index (κ2) is 6.43. The maximum atomic E-state index is 12.1. The predicted molar refractivity (Wildman–Crippen MR) is 76.4 cm³/mol. The third-order valence-corrected chi connectivity index (χ3v) is 3.35. The van der Waals surface area contributed by atoms with Crippen molar-refractivity contribution in [2.24, 2.45) is 0 Å².